The molecule has 0 aromatic heterocycles. The van der Waals surface area contributed by atoms with Crippen molar-refractivity contribution in [2.75, 3.05) is 18.7 Å². The van der Waals surface area contributed by atoms with Crippen LogP contribution in [0.4, 0.5) is 5.69 Å². The lowest BCUT2D eigenvalue weighted by molar-refractivity contribution is -0.140. The molecule has 2 amide bonds. The van der Waals surface area contributed by atoms with Gasteiger partial charge in [0.1, 0.15) is 11.4 Å². The summed E-state index contributed by atoms with van der Waals surface area (Å²) in [6.07, 6.45) is 5.84. The molecule has 0 atom stereocenters. The molecule has 3 aliphatic rings. The number of fused-ring (bicyclic) bond motifs is 1. The van der Waals surface area contributed by atoms with Crippen molar-refractivity contribution in [2.24, 2.45) is 0 Å². The van der Waals surface area contributed by atoms with Crippen molar-refractivity contribution in [1.82, 2.24) is 4.90 Å². The summed E-state index contributed by atoms with van der Waals surface area (Å²) in [6, 6.07) is 12.7. The molecular weight excluding hydrogens is 420 g/mol. The second kappa shape index (κ2) is 9.17. The van der Waals surface area contributed by atoms with Gasteiger partial charge >= 0.3 is 0 Å². The van der Waals surface area contributed by atoms with Gasteiger partial charge in [-0.2, -0.15) is 0 Å². The van der Waals surface area contributed by atoms with Crippen LogP contribution in [-0.2, 0) is 9.59 Å². The number of carbonyl (C=O) groups excluding carboxylic acids is 2. The molecule has 33 heavy (non-hydrogen) atoms. The first-order chi connectivity index (χ1) is 16.2. The minimum Gasteiger partial charge on any atom is -0.494 e. The molecule has 2 aliphatic heterocycles. The first kappa shape index (κ1) is 21.4. The van der Waals surface area contributed by atoms with E-state index in [1.807, 2.05) is 30.3 Å². The van der Waals surface area contributed by atoms with E-state index in [1.165, 1.54) is 4.90 Å². The van der Waals surface area contributed by atoms with E-state index in [0.29, 0.717) is 40.6 Å². The molecule has 1 aliphatic carbocycles. The third-order valence-electron chi connectivity index (χ3n) is 6.31. The summed E-state index contributed by atoms with van der Waals surface area (Å²) in [5.74, 6) is 1.51. The van der Waals surface area contributed by atoms with Crippen LogP contribution >= 0.6 is 0 Å². The predicted octanol–water partition coefficient (Wildman–Crippen LogP) is 4.73. The molecule has 2 heterocycles. The maximum atomic E-state index is 13.6. The number of benzene rings is 2. The molecule has 172 valence electrons. The lowest BCUT2D eigenvalue weighted by Crippen LogP contribution is -2.42. The highest BCUT2D eigenvalue weighted by Gasteiger charge is 2.43. The Morgan fingerprint density at radius 3 is 2.48 bits per heavy atom. The Balaban J connectivity index is 1.50. The highest BCUT2D eigenvalue weighted by atomic mass is 16.7. The summed E-state index contributed by atoms with van der Waals surface area (Å²) < 4.78 is 16.5. The fourth-order valence-corrected chi connectivity index (χ4v) is 4.66. The van der Waals surface area contributed by atoms with Gasteiger partial charge in [0.15, 0.2) is 11.5 Å². The van der Waals surface area contributed by atoms with Crippen LogP contribution < -0.4 is 19.5 Å². The molecule has 0 bridgehead atoms. The Kier molecular flexibility index (Phi) is 5.94. The topological polar surface area (TPSA) is 77.1 Å². The van der Waals surface area contributed by atoms with Gasteiger partial charge in [0.2, 0.25) is 6.79 Å². The zero-order valence-electron chi connectivity index (χ0n) is 18.8. The van der Waals surface area contributed by atoms with Crippen molar-refractivity contribution >= 4 is 23.1 Å². The van der Waals surface area contributed by atoms with Crippen LogP contribution in [-0.4, -0.2) is 36.2 Å². The van der Waals surface area contributed by atoms with Crippen LogP contribution in [0.5, 0.6) is 17.2 Å². The Morgan fingerprint density at radius 2 is 1.73 bits per heavy atom. The van der Waals surface area contributed by atoms with E-state index < -0.39 is 0 Å². The molecule has 2 aromatic carbocycles. The number of carbonyl (C=O) groups is 2. The number of nitrogens with zero attached hydrogens (tertiary/aromatic N) is 1. The first-order valence-electron chi connectivity index (χ1n) is 11.7. The van der Waals surface area contributed by atoms with Gasteiger partial charge in [-0.05, 0) is 49.1 Å². The molecule has 2 aromatic rings. The summed E-state index contributed by atoms with van der Waals surface area (Å²) in [6.45, 7) is 2.85. The molecule has 7 nitrogen and oxygen atoms in total. The lowest BCUT2D eigenvalue weighted by atomic mass is 9.94. The van der Waals surface area contributed by atoms with Crippen LogP contribution in [0, 0.1) is 0 Å². The van der Waals surface area contributed by atoms with E-state index in [-0.39, 0.29) is 24.6 Å². The van der Waals surface area contributed by atoms with E-state index in [0.717, 1.165) is 44.3 Å². The number of amides is 2. The van der Waals surface area contributed by atoms with Crippen molar-refractivity contribution in [3.63, 3.8) is 0 Å². The van der Waals surface area contributed by atoms with Crippen LogP contribution in [0.1, 0.15) is 51.0 Å². The fraction of sp³-hybridized carbons (Fsp3) is 0.385. The number of rotatable bonds is 7. The highest BCUT2D eigenvalue weighted by molar-refractivity contribution is 6.36. The second-order valence-electron chi connectivity index (χ2n) is 8.59. The van der Waals surface area contributed by atoms with Crippen LogP contribution in [0.3, 0.4) is 0 Å². The maximum absolute atomic E-state index is 13.6. The summed E-state index contributed by atoms with van der Waals surface area (Å²) in [4.78, 5) is 28.6. The van der Waals surface area contributed by atoms with E-state index in [2.05, 4.69) is 12.2 Å². The molecule has 0 spiro atoms. The number of ether oxygens (including phenoxy) is 3. The van der Waals surface area contributed by atoms with E-state index in [1.54, 1.807) is 12.1 Å². The van der Waals surface area contributed by atoms with Gasteiger partial charge in [-0.25, -0.2) is 0 Å². The smallest absolute Gasteiger partial charge is 0.278 e. The van der Waals surface area contributed by atoms with E-state index >= 15 is 0 Å². The van der Waals surface area contributed by atoms with Crippen LogP contribution in [0.2, 0.25) is 0 Å². The Labute approximate surface area is 193 Å². The zero-order valence-corrected chi connectivity index (χ0v) is 18.8. The number of hydrogen-bond acceptors (Lipinski definition) is 6. The lowest BCUT2D eigenvalue weighted by Gasteiger charge is -2.29. The number of imide groups is 1. The zero-order chi connectivity index (χ0) is 22.8. The molecule has 0 unspecified atom stereocenters. The predicted molar refractivity (Wildman–Crippen MR) is 124 cm³/mol. The third-order valence-corrected chi connectivity index (χ3v) is 6.31. The Hall–Kier alpha value is -3.48. The Bertz CT molecular complexity index is 1090. The van der Waals surface area contributed by atoms with Crippen molar-refractivity contribution in [3.8, 4) is 17.2 Å². The standard InChI is InChI=1S/C26H28N2O5/c1-2-14-31-20-11-8-17(9-12-20)23-24(27-18-10-13-21-22(15-18)33-16-32-21)26(30)28(25(23)29)19-6-4-3-5-7-19/h8-13,15,19,27H,2-7,14,16H2,1H3. The van der Waals surface area contributed by atoms with Gasteiger partial charge in [-0.1, -0.05) is 38.3 Å². The molecule has 0 radical (unpaired) electrons. The van der Waals surface area contributed by atoms with Crippen molar-refractivity contribution in [3.05, 3.63) is 53.7 Å². The average molecular weight is 449 g/mol. The van der Waals surface area contributed by atoms with Gasteiger partial charge in [0.25, 0.3) is 11.8 Å². The van der Waals surface area contributed by atoms with Crippen LogP contribution in [0.15, 0.2) is 48.2 Å². The normalized spacial score (nSPS) is 18.3. The molecule has 5 rings (SSSR count). The summed E-state index contributed by atoms with van der Waals surface area (Å²) in [5, 5.41) is 3.22. The van der Waals surface area contributed by atoms with Crippen molar-refractivity contribution < 1.29 is 23.8 Å². The largest absolute Gasteiger partial charge is 0.494 e. The first-order valence-corrected chi connectivity index (χ1v) is 11.7. The third kappa shape index (κ3) is 4.15. The molecule has 0 saturated heterocycles. The minimum atomic E-state index is -0.272. The van der Waals surface area contributed by atoms with Crippen LogP contribution in [0.25, 0.3) is 5.57 Å². The molecular formula is C26H28N2O5. The van der Waals surface area contributed by atoms with Gasteiger partial charge in [-0.15, -0.1) is 0 Å². The van der Waals surface area contributed by atoms with Gasteiger partial charge in [-0.3, -0.25) is 14.5 Å². The van der Waals surface area contributed by atoms with Gasteiger partial charge < -0.3 is 19.5 Å². The average Bonchev–Trinajstić information content (AvgIpc) is 3.40. The van der Waals surface area contributed by atoms with Crippen molar-refractivity contribution in [2.45, 2.75) is 51.5 Å². The molecule has 1 saturated carbocycles. The van der Waals surface area contributed by atoms with Gasteiger partial charge in [0.05, 0.1) is 12.2 Å². The van der Waals surface area contributed by atoms with E-state index in [9.17, 15) is 9.59 Å². The van der Waals surface area contributed by atoms with E-state index in [4.69, 9.17) is 14.2 Å². The molecule has 1 N–H and O–H groups in total. The van der Waals surface area contributed by atoms with Crippen molar-refractivity contribution in [1.29, 1.82) is 0 Å². The number of nitrogens with one attached hydrogen (secondary N) is 1. The fourth-order valence-electron chi connectivity index (χ4n) is 4.66. The molecule has 7 heteroatoms. The quantitative estimate of drug-likeness (QED) is 0.617. The number of hydrogen-bond donors (Lipinski definition) is 1. The SMILES string of the molecule is CCCOc1ccc(C2=C(Nc3ccc4c(c3)OCO4)C(=O)N(C3CCCCC3)C2=O)cc1. The number of anilines is 1. The summed E-state index contributed by atoms with van der Waals surface area (Å²) >= 11 is 0. The second-order valence-corrected chi connectivity index (χ2v) is 8.59. The summed E-state index contributed by atoms with van der Waals surface area (Å²) in [5.41, 5.74) is 2.05. The molecule has 1 fully saturated rings. The monoisotopic (exact) mass is 448 g/mol. The summed E-state index contributed by atoms with van der Waals surface area (Å²) in [7, 11) is 0. The minimum absolute atomic E-state index is 0.0584. The maximum Gasteiger partial charge on any atom is 0.278 e. The van der Waals surface area contributed by atoms with Gasteiger partial charge in [0, 0.05) is 17.8 Å². The highest BCUT2D eigenvalue weighted by Crippen LogP contribution is 2.38. The Morgan fingerprint density at radius 1 is 0.970 bits per heavy atom.